The summed E-state index contributed by atoms with van der Waals surface area (Å²) in [7, 11) is 3.39. The second kappa shape index (κ2) is 10.4. The maximum atomic E-state index is 7.11. The van der Waals surface area contributed by atoms with Crippen LogP contribution in [0.3, 0.4) is 0 Å². The second-order valence-corrected chi connectivity index (χ2v) is 13.1. The van der Waals surface area contributed by atoms with Gasteiger partial charge < -0.3 is 22.7 Å². The van der Waals surface area contributed by atoms with Crippen molar-refractivity contribution >= 4 is 87.4 Å². The molecule has 11 aromatic rings. The number of rotatable bonds is 4. The summed E-state index contributed by atoms with van der Waals surface area (Å²) in [5.41, 5.74) is 9.45. The maximum absolute atomic E-state index is 7.11. The van der Waals surface area contributed by atoms with Crippen LogP contribution in [-0.2, 0) is 0 Å². The zero-order valence-corrected chi connectivity index (χ0v) is 27.7. The van der Waals surface area contributed by atoms with E-state index >= 15 is 0 Å². The molecule has 0 atom stereocenters. The van der Waals surface area contributed by atoms with E-state index in [1.54, 1.807) is 14.2 Å². The lowest BCUT2D eigenvalue weighted by molar-refractivity contribution is 0.415. The molecule has 0 saturated carbocycles. The molecule has 3 aromatic heterocycles. The zero-order valence-electron chi connectivity index (χ0n) is 27.7. The summed E-state index contributed by atoms with van der Waals surface area (Å²) < 4.78 is 31.0. The second-order valence-electron chi connectivity index (χ2n) is 13.1. The van der Waals surface area contributed by atoms with Crippen LogP contribution in [0, 0.1) is 0 Å². The Morgan fingerprint density at radius 1 is 0.353 bits per heavy atom. The summed E-state index contributed by atoms with van der Waals surface area (Å²) in [6, 6.07) is 46.1. The van der Waals surface area contributed by atoms with Crippen molar-refractivity contribution in [2.75, 3.05) is 14.2 Å². The molecule has 8 aromatic carbocycles. The van der Waals surface area contributed by atoms with Gasteiger partial charge in [-0.3, -0.25) is 0 Å². The molecule has 0 saturated heterocycles. The number of para-hydroxylation sites is 2. The molecule has 0 radical (unpaired) electrons. The molecule has 0 aliphatic carbocycles. The van der Waals surface area contributed by atoms with Gasteiger partial charge in [-0.15, -0.1) is 0 Å². The van der Waals surface area contributed by atoms with Gasteiger partial charge in [0.1, 0.15) is 45.0 Å². The molecule has 5 heteroatoms. The smallest absolute Gasteiger partial charge is 0.143 e. The molecule has 0 fully saturated rings. The van der Waals surface area contributed by atoms with Crippen LogP contribution >= 0.6 is 0 Å². The first-order chi connectivity index (χ1) is 25.2. The molecule has 5 nitrogen and oxygen atoms in total. The summed E-state index contributed by atoms with van der Waals surface area (Å²) in [4.78, 5) is 0. The molecule has 51 heavy (non-hydrogen) atoms. The molecule has 3 heterocycles. The van der Waals surface area contributed by atoms with E-state index in [0.717, 1.165) is 121 Å². The number of furan rings is 3. The van der Waals surface area contributed by atoms with Crippen LogP contribution < -0.4 is 9.47 Å². The average Bonchev–Trinajstić information content (AvgIpc) is 3.88. The zero-order chi connectivity index (χ0) is 33.8. The summed E-state index contributed by atoms with van der Waals surface area (Å²) in [6.07, 6.45) is 0. The van der Waals surface area contributed by atoms with E-state index in [1.807, 2.05) is 48.5 Å². The van der Waals surface area contributed by atoms with Crippen molar-refractivity contribution < 1.29 is 22.7 Å². The number of methoxy groups -OCH3 is 2. The fraction of sp³-hybridized carbons (Fsp3) is 0.0435. The highest BCUT2D eigenvalue weighted by atomic mass is 16.5. The first-order valence-corrected chi connectivity index (χ1v) is 17.0. The van der Waals surface area contributed by atoms with Gasteiger partial charge in [0.25, 0.3) is 0 Å². The first kappa shape index (κ1) is 28.2. The first-order valence-electron chi connectivity index (χ1n) is 17.0. The number of hydrogen-bond acceptors (Lipinski definition) is 5. The highest BCUT2D eigenvalue weighted by molar-refractivity contribution is 6.33. The Morgan fingerprint density at radius 2 is 0.784 bits per heavy atom. The SMILES string of the molecule is COc1ccc(-c2cc3c4cc(-c5ccc(OC)cc5)c5c(ccc6oc7ccccc7c65)c4oc3c3ccc4oc5ccccc5c4c23)cc1. The van der Waals surface area contributed by atoms with E-state index in [-0.39, 0.29) is 0 Å². The van der Waals surface area contributed by atoms with E-state index in [9.17, 15) is 0 Å². The van der Waals surface area contributed by atoms with Gasteiger partial charge in [-0.05, 0) is 95.1 Å². The number of hydrogen-bond donors (Lipinski definition) is 0. The number of benzene rings is 8. The third-order valence-corrected chi connectivity index (χ3v) is 10.5. The minimum absolute atomic E-state index is 0.811. The minimum Gasteiger partial charge on any atom is -0.497 e. The van der Waals surface area contributed by atoms with Crippen molar-refractivity contribution in [2.24, 2.45) is 0 Å². The van der Waals surface area contributed by atoms with Crippen molar-refractivity contribution in [3.05, 3.63) is 133 Å². The van der Waals surface area contributed by atoms with Gasteiger partial charge in [-0.25, -0.2) is 0 Å². The summed E-state index contributed by atoms with van der Waals surface area (Å²) in [6.45, 7) is 0. The molecular weight excluding hydrogens is 633 g/mol. The van der Waals surface area contributed by atoms with Gasteiger partial charge >= 0.3 is 0 Å². The van der Waals surface area contributed by atoms with E-state index in [1.165, 1.54) is 0 Å². The lowest BCUT2D eigenvalue weighted by Crippen LogP contribution is -1.87. The van der Waals surface area contributed by atoms with Crippen LogP contribution in [0.1, 0.15) is 0 Å². The predicted octanol–water partition coefficient (Wildman–Crippen LogP) is 13.0. The molecule has 0 aliphatic heterocycles. The Morgan fingerprint density at radius 3 is 1.22 bits per heavy atom. The molecule has 0 spiro atoms. The molecule has 0 N–H and O–H groups in total. The lowest BCUT2D eigenvalue weighted by Gasteiger charge is -2.11. The van der Waals surface area contributed by atoms with Crippen molar-refractivity contribution in [2.45, 2.75) is 0 Å². The maximum Gasteiger partial charge on any atom is 0.143 e. The third kappa shape index (κ3) is 3.91. The monoisotopic (exact) mass is 660 g/mol. The van der Waals surface area contributed by atoms with Gasteiger partial charge in [-0.2, -0.15) is 0 Å². The lowest BCUT2D eigenvalue weighted by atomic mass is 9.90. The van der Waals surface area contributed by atoms with Gasteiger partial charge in [-0.1, -0.05) is 60.7 Å². The molecule has 242 valence electrons. The predicted molar refractivity (Wildman–Crippen MR) is 207 cm³/mol. The average molecular weight is 661 g/mol. The van der Waals surface area contributed by atoms with E-state index in [0.29, 0.717) is 0 Å². The van der Waals surface area contributed by atoms with Crippen molar-refractivity contribution in [3.63, 3.8) is 0 Å². The van der Waals surface area contributed by atoms with Crippen LogP contribution in [0.2, 0.25) is 0 Å². The number of ether oxygens (including phenoxy) is 2. The molecule has 0 amide bonds. The molecule has 11 rings (SSSR count). The number of fused-ring (bicyclic) bond motifs is 15. The largest absolute Gasteiger partial charge is 0.497 e. The molecule has 0 aliphatic rings. The normalized spacial score (nSPS) is 12.1. The van der Waals surface area contributed by atoms with Crippen LogP contribution in [0.25, 0.3) is 110 Å². The van der Waals surface area contributed by atoms with Crippen LogP contribution in [0.4, 0.5) is 0 Å². The Hall–Kier alpha value is -6.72. The fourth-order valence-corrected chi connectivity index (χ4v) is 8.14. The van der Waals surface area contributed by atoms with Gasteiger partial charge in [0, 0.05) is 53.9 Å². The van der Waals surface area contributed by atoms with Crippen molar-refractivity contribution in [3.8, 4) is 33.8 Å². The van der Waals surface area contributed by atoms with Gasteiger partial charge in [0.2, 0.25) is 0 Å². The van der Waals surface area contributed by atoms with Crippen molar-refractivity contribution in [1.29, 1.82) is 0 Å². The quantitative estimate of drug-likeness (QED) is 0.188. The summed E-state index contributed by atoms with van der Waals surface area (Å²) in [5, 5.41) is 10.6. The van der Waals surface area contributed by atoms with E-state index in [4.69, 9.17) is 22.7 Å². The highest BCUT2D eigenvalue weighted by Gasteiger charge is 2.24. The van der Waals surface area contributed by atoms with Crippen LogP contribution in [0.5, 0.6) is 11.5 Å². The molecule has 0 bridgehead atoms. The van der Waals surface area contributed by atoms with Crippen LogP contribution in [0.15, 0.2) is 147 Å². The Kier molecular flexibility index (Phi) is 5.74. The van der Waals surface area contributed by atoms with Crippen LogP contribution in [-0.4, -0.2) is 14.2 Å². The molecular formula is C46H28O5. The minimum atomic E-state index is 0.811. The Bertz CT molecular complexity index is 2980. The Balaban J connectivity index is 1.34. The third-order valence-electron chi connectivity index (χ3n) is 10.5. The van der Waals surface area contributed by atoms with Crippen molar-refractivity contribution in [1.82, 2.24) is 0 Å². The standard InChI is InChI=1S/C46H28O5/c1-47-27-15-11-25(12-16-27)33-23-35-36-24-34(26-13-17-28(48-2)18-14-26)42-32(20-22-40-44(42)30-8-4-6-10-38(30)50-40)46(36)51-45(35)31-19-21-39-43(41(31)33)29-7-3-5-9-37(29)49-39/h3-24H,1-2H3. The summed E-state index contributed by atoms with van der Waals surface area (Å²) >= 11 is 0. The topological polar surface area (TPSA) is 57.9 Å². The van der Waals surface area contributed by atoms with Gasteiger partial charge in [0.05, 0.1) is 14.2 Å². The summed E-state index contributed by atoms with van der Waals surface area (Å²) in [5.74, 6) is 1.62. The Labute approximate surface area is 290 Å². The fourth-order valence-electron chi connectivity index (χ4n) is 8.14. The van der Waals surface area contributed by atoms with E-state index < -0.39 is 0 Å². The van der Waals surface area contributed by atoms with E-state index in [2.05, 4.69) is 84.9 Å². The highest BCUT2D eigenvalue weighted by Crippen LogP contribution is 2.49. The molecule has 0 unspecified atom stereocenters. The van der Waals surface area contributed by atoms with Gasteiger partial charge in [0.15, 0.2) is 0 Å².